The van der Waals surface area contributed by atoms with Crippen LogP contribution in [0.4, 0.5) is 28.0 Å². The van der Waals surface area contributed by atoms with Crippen LogP contribution in [0.1, 0.15) is 18.1 Å². The minimum atomic E-state index is -4.82. The van der Waals surface area contributed by atoms with Crippen molar-refractivity contribution in [2.45, 2.75) is 23.5 Å². The Labute approximate surface area is 167 Å². The summed E-state index contributed by atoms with van der Waals surface area (Å²) >= 11 is 1.19. The summed E-state index contributed by atoms with van der Waals surface area (Å²) < 4.78 is 52.6. The zero-order valence-corrected chi connectivity index (χ0v) is 15.7. The highest BCUT2D eigenvalue weighted by atomic mass is 32.2. The van der Waals surface area contributed by atoms with Crippen LogP contribution in [0.5, 0.6) is 0 Å². The third kappa shape index (κ3) is 4.05. The SMILES string of the molecule is CC1(CSc2ccc(F)cc2)NC(=O)N(c2ccc(C#N)c(C(F)(F)F)c2)C1=O. The van der Waals surface area contributed by atoms with Crippen molar-refractivity contribution >= 4 is 29.4 Å². The van der Waals surface area contributed by atoms with Gasteiger partial charge < -0.3 is 5.32 Å². The van der Waals surface area contributed by atoms with Crippen LogP contribution in [0.2, 0.25) is 0 Å². The third-order valence-corrected chi connectivity index (χ3v) is 5.62. The topological polar surface area (TPSA) is 73.2 Å². The number of anilines is 1. The molecule has 1 atom stereocenters. The van der Waals surface area contributed by atoms with Gasteiger partial charge in [-0.2, -0.15) is 18.4 Å². The number of urea groups is 1. The zero-order valence-electron chi connectivity index (χ0n) is 14.9. The van der Waals surface area contributed by atoms with Crippen molar-refractivity contribution in [3.63, 3.8) is 0 Å². The van der Waals surface area contributed by atoms with Gasteiger partial charge >= 0.3 is 12.2 Å². The fraction of sp³-hybridized carbons (Fsp3) is 0.211. The highest BCUT2D eigenvalue weighted by molar-refractivity contribution is 7.99. The van der Waals surface area contributed by atoms with E-state index in [9.17, 15) is 27.2 Å². The standard InChI is InChI=1S/C19H13F4N3O2S/c1-18(10-29-14-6-3-12(20)4-7-14)16(27)26(17(28)25-18)13-5-2-11(9-24)15(8-13)19(21,22)23/h2-8H,10H2,1H3,(H,25,28). The molecule has 10 heteroatoms. The molecule has 29 heavy (non-hydrogen) atoms. The van der Waals surface area contributed by atoms with E-state index < -0.39 is 40.6 Å². The van der Waals surface area contributed by atoms with Gasteiger partial charge in [-0.05, 0) is 49.4 Å². The molecule has 0 aliphatic carbocycles. The lowest BCUT2D eigenvalue weighted by Gasteiger charge is -2.21. The number of benzene rings is 2. The van der Waals surface area contributed by atoms with E-state index in [0.29, 0.717) is 15.9 Å². The summed E-state index contributed by atoms with van der Waals surface area (Å²) in [6, 6.07) is 8.75. The van der Waals surface area contributed by atoms with Gasteiger partial charge in [0.15, 0.2) is 0 Å². The van der Waals surface area contributed by atoms with Crippen LogP contribution in [-0.4, -0.2) is 23.2 Å². The van der Waals surface area contributed by atoms with Crippen LogP contribution >= 0.6 is 11.8 Å². The largest absolute Gasteiger partial charge is 0.417 e. The van der Waals surface area contributed by atoms with E-state index in [2.05, 4.69) is 5.32 Å². The molecule has 0 aromatic heterocycles. The maximum absolute atomic E-state index is 13.2. The Bertz CT molecular complexity index is 1020. The number of carbonyl (C=O) groups excluding carboxylic acids is 2. The molecule has 1 aliphatic rings. The van der Waals surface area contributed by atoms with Crippen molar-refractivity contribution in [2.24, 2.45) is 0 Å². The lowest BCUT2D eigenvalue weighted by Crippen LogP contribution is -2.46. The van der Waals surface area contributed by atoms with Crippen LogP contribution in [0.25, 0.3) is 0 Å². The number of hydrogen-bond donors (Lipinski definition) is 1. The molecule has 2 aromatic carbocycles. The Morgan fingerprint density at radius 1 is 1.17 bits per heavy atom. The Balaban J connectivity index is 1.87. The number of rotatable bonds is 4. The molecular formula is C19H13F4N3O2S. The van der Waals surface area contributed by atoms with Crippen molar-refractivity contribution in [3.8, 4) is 6.07 Å². The second-order valence-corrected chi connectivity index (χ2v) is 7.53. The van der Waals surface area contributed by atoms with Crippen LogP contribution in [-0.2, 0) is 11.0 Å². The van der Waals surface area contributed by atoms with Gasteiger partial charge in [-0.15, -0.1) is 11.8 Å². The molecular weight excluding hydrogens is 410 g/mol. The molecule has 1 heterocycles. The van der Waals surface area contributed by atoms with Gasteiger partial charge in [-0.25, -0.2) is 14.1 Å². The quantitative estimate of drug-likeness (QED) is 0.452. The summed E-state index contributed by atoms with van der Waals surface area (Å²) in [6.07, 6.45) is -4.82. The molecule has 3 rings (SSSR count). The van der Waals surface area contributed by atoms with E-state index in [-0.39, 0.29) is 11.4 Å². The second-order valence-electron chi connectivity index (χ2n) is 6.48. The minimum absolute atomic E-state index is 0.0854. The number of carbonyl (C=O) groups is 2. The first-order chi connectivity index (χ1) is 13.5. The summed E-state index contributed by atoms with van der Waals surface area (Å²) in [4.78, 5) is 26.5. The molecule has 1 unspecified atom stereocenters. The molecule has 3 amide bonds. The molecule has 0 spiro atoms. The van der Waals surface area contributed by atoms with Crippen LogP contribution in [0.15, 0.2) is 47.4 Å². The molecule has 1 aliphatic heterocycles. The first kappa shape index (κ1) is 20.7. The van der Waals surface area contributed by atoms with Crippen molar-refractivity contribution in [2.75, 3.05) is 10.7 Å². The van der Waals surface area contributed by atoms with E-state index in [0.717, 1.165) is 12.1 Å². The molecule has 1 saturated heterocycles. The zero-order chi connectivity index (χ0) is 21.4. The van der Waals surface area contributed by atoms with Gasteiger partial charge in [0.1, 0.15) is 11.4 Å². The van der Waals surface area contributed by atoms with Gasteiger partial charge in [0, 0.05) is 10.6 Å². The molecule has 5 nitrogen and oxygen atoms in total. The van der Waals surface area contributed by atoms with Crippen LogP contribution in [0, 0.1) is 17.1 Å². The summed E-state index contributed by atoms with van der Waals surface area (Å²) in [5.74, 6) is -1.06. The van der Waals surface area contributed by atoms with Gasteiger partial charge in [-0.1, -0.05) is 0 Å². The molecule has 150 valence electrons. The molecule has 1 fully saturated rings. The lowest BCUT2D eigenvalue weighted by atomic mass is 10.0. The first-order valence-corrected chi connectivity index (χ1v) is 9.20. The normalized spacial score (nSPS) is 19.2. The fourth-order valence-electron chi connectivity index (χ4n) is 2.78. The number of nitrogens with one attached hydrogen (secondary N) is 1. The Morgan fingerprint density at radius 3 is 2.41 bits per heavy atom. The first-order valence-electron chi connectivity index (χ1n) is 8.21. The van der Waals surface area contributed by atoms with Crippen LogP contribution < -0.4 is 10.2 Å². The van der Waals surface area contributed by atoms with Gasteiger partial charge in [0.25, 0.3) is 5.91 Å². The van der Waals surface area contributed by atoms with E-state index in [1.807, 2.05) is 0 Å². The predicted octanol–water partition coefficient (Wildman–Crippen LogP) is 4.32. The lowest BCUT2D eigenvalue weighted by molar-refractivity contribution is -0.137. The smallest absolute Gasteiger partial charge is 0.322 e. The van der Waals surface area contributed by atoms with Crippen molar-refractivity contribution in [3.05, 3.63) is 59.4 Å². The monoisotopic (exact) mass is 423 g/mol. The van der Waals surface area contributed by atoms with Crippen molar-refractivity contribution in [1.82, 2.24) is 5.32 Å². The Hall–Kier alpha value is -3.06. The number of nitriles is 1. The minimum Gasteiger partial charge on any atom is -0.322 e. The maximum Gasteiger partial charge on any atom is 0.417 e. The van der Waals surface area contributed by atoms with Gasteiger partial charge in [0.05, 0.1) is 22.9 Å². The average Bonchev–Trinajstić information content (AvgIpc) is 2.89. The van der Waals surface area contributed by atoms with E-state index in [1.165, 1.54) is 49.0 Å². The van der Waals surface area contributed by atoms with E-state index in [4.69, 9.17) is 5.26 Å². The number of amides is 3. The summed E-state index contributed by atoms with van der Waals surface area (Å²) in [5.41, 5.74) is -3.49. The predicted molar refractivity (Wildman–Crippen MR) is 97.7 cm³/mol. The maximum atomic E-state index is 13.2. The van der Waals surface area contributed by atoms with Crippen LogP contribution in [0.3, 0.4) is 0 Å². The Kier molecular flexibility index (Phi) is 5.28. The number of alkyl halides is 3. The molecule has 2 aromatic rings. The van der Waals surface area contributed by atoms with E-state index in [1.54, 1.807) is 0 Å². The summed E-state index contributed by atoms with van der Waals surface area (Å²) in [5, 5.41) is 11.4. The number of halogens is 4. The highest BCUT2D eigenvalue weighted by Gasteiger charge is 2.49. The number of hydrogen-bond acceptors (Lipinski definition) is 4. The Morgan fingerprint density at radius 2 is 1.83 bits per heavy atom. The molecule has 0 saturated carbocycles. The van der Waals surface area contributed by atoms with Gasteiger partial charge in [0.2, 0.25) is 0 Å². The van der Waals surface area contributed by atoms with Gasteiger partial charge in [-0.3, -0.25) is 4.79 Å². The van der Waals surface area contributed by atoms with E-state index >= 15 is 0 Å². The second kappa shape index (κ2) is 7.40. The van der Waals surface area contributed by atoms with Crippen molar-refractivity contribution < 1.29 is 27.2 Å². The number of nitrogens with zero attached hydrogens (tertiary/aromatic N) is 2. The molecule has 1 N–H and O–H groups in total. The summed E-state index contributed by atoms with van der Waals surface area (Å²) in [7, 11) is 0. The molecule has 0 bridgehead atoms. The van der Waals surface area contributed by atoms with Crippen molar-refractivity contribution in [1.29, 1.82) is 5.26 Å². The number of thioether (sulfide) groups is 1. The average molecular weight is 423 g/mol. The molecule has 0 radical (unpaired) electrons. The summed E-state index contributed by atoms with van der Waals surface area (Å²) in [6.45, 7) is 1.46. The highest BCUT2D eigenvalue weighted by Crippen LogP contribution is 2.36. The third-order valence-electron chi connectivity index (χ3n) is 4.29. The number of imide groups is 1. The fourth-order valence-corrected chi connectivity index (χ4v) is 3.76.